The van der Waals surface area contributed by atoms with Crippen LogP contribution in [0.5, 0.6) is 0 Å². The van der Waals surface area contributed by atoms with Crippen molar-refractivity contribution in [2.75, 3.05) is 32.7 Å². The molecular formula is C33H45F2N3O3S. The number of rotatable bonds is 6. The van der Waals surface area contributed by atoms with Gasteiger partial charge in [-0.3, -0.25) is 4.79 Å². The van der Waals surface area contributed by atoms with Crippen LogP contribution in [0.3, 0.4) is 0 Å². The molecule has 2 heterocycles. The summed E-state index contributed by atoms with van der Waals surface area (Å²) in [5.74, 6) is -0.239. The average molecular weight is 602 g/mol. The minimum Gasteiger partial charge on any atom is -0.444 e. The van der Waals surface area contributed by atoms with Crippen molar-refractivity contribution in [1.82, 2.24) is 14.1 Å². The maximum absolute atomic E-state index is 15.0. The van der Waals surface area contributed by atoms with Crippen LogP contribution in [0.2, 0.25) is 0 Å². The molecule has 2 aliphatic heterocycles. The van der Waals surface area contributed by atoms with Crippen LogP contribution in [-0.4, -0.2) is 70.5 Å². The number of carbonyl (C=O) groups is 2. The number of hydrogen-bond donors (Lipinski definition) is 0. The van der Waals surface area contributed by atoms with Gasteiger partial charge in [0.15, 0.2) is 0 Å². The van der Waals surface area contributed by atoms with E-state index in [2.05, 4.69) is 25.1 Å². The van der Waals surface area contributed by atoms with Crippen LogP contribution in [-0.2, 0) is 9.53 Å². The molecular weight excluding hydrogens is 556 g/mol. The summed E-state index contributed by atoms with van der Waals surface area (Å²) in [5.41, 5.74) is 0.687. The normalized spacial score (nSPS) is 20.0. The molecule has 2 aliphatic rings. The number of amides is 2. The summed E-state index contributed by atoms with van der Waals surface area (Å²) in [6.07, 6.45) is 1.74. The fourth-order valence-electron chi connectivity index (χ4n) is 5.68. The lowest BCUT2D eigenvalue weighted by Crippen LogP contribution is -2.58. The minimum atomic E-state index is -0.527. The highest BCUT2D eigenvalue weighted by atomic mass is 32.2. The molecule has 0 radical (unpaired) electrons. The number of carbonyl (C=O) groups excluding carboxylic acids is 2. The molecule has 2 fully saturated rings. The Morgan fingerprint density at radius 2 is 1.57 bits per heavy atom. The van der Waals surface area contributed by atoms with Gasteiger partial charge in [0.2, 0.25) is 5.91 Å². The second kappa shape index (κ2) is 13.3. The third-order valence-electron chi connectivity index (χ3n) is 8.01. The Bertz CT molecular complexity index is 1220. The molecule has 0 bridgehead atoms. The van der Waals surface area contributed by atoms with Crippen LogP contribution in [0.25, 0.3) is 0 Å². The Labute approximate surface area is 253 Å². The SMILES string of the molecule is CC(C)(C)OC(=O)N1CCC(CC(=O)N2CCN(SC(c3ccc(F)cc3)c3ccccc3F)C[C@@H]2C(C)(C)C)CC1. The van der Waals surface area contributed by atoms with E-state index in [4.69, 9.17) is 4.74 Å². The van der Waals surface area contributed by atoms with Gasteiger partial charge in [-0.1, -0.05) is 63.1 Å². The number of hydrogen-bond acceptors (Lipinski definition) is 5. The summed E-state index contributed by atoms with van der Waals surface area (Å²) in [6, 6.07) is 13.0. The molecule has 0 aliphatic carbocycles. The van der Waals surface area contributed by atoms with Crippen molar-refractivity contribution in [1.29, 1.82) is 0 Å². The lowest BCUT2D eigenvalue weighted by atomic mass is 9.83. The summed E-state index contributed by atoms with van der Waals surface area (Å²) in [5, 5.41) is -0.343. The van der Waals surface area contributed by atoms with Crippen molar-refractivity contribution in [2.24, 2.45) is 11.3 Å². The first-order chi connectivity index (χ1) is 19.7. The highest BCUT2D eigenvalue weighted by Crippen LogP contribution is 2.41. The van der Waals surface area contributed by atoms with Crippen molar-refractivity contribution >= 4 is 23.9 Å². The Hall–Kier alpha value is -2.65. The second-order valence-corrected chi connectivity index (χ2v) is 14.7. The van der Waals surface area contributed by atoms with Crippen LogP contribution in [0.1, 0.15) is 77.2 Å². The number of piperidine rings is 1. The Morgan fingerprint density at radius 3 is 2.17 bits per heavy atom. The van der Waals surface area contributed by atoms with Gasteiger partial charge in [0.05, 0.1) is 11.3 Å². The van der Waals surface area contributed by atoms with Crippen molar-refractivity contribution in [2.45, 2.75) is 77.7 Å². The topological polar surface area (TPSA) is 53.1 Å². The maximum Gasteiger partial charge on any atom is 0.410 e. The van der Waals surface area contributed by atoms with E-state index in [-0.39, 0.29) is 46.3 Å². The van der Waals surface area contributed by atoms with Gasteiger partial charge < -0.3 is 14.5 Å². The van der Waals surface area contributed by atoms with Gasteiger partial charge in [-0.05, 0) is 68.7 Å². The quantitative estimate of drug-likeness (QED) is 0.325. The Morgan fingerprint density at radius 1 is 0.929 bits per heavy atom. The first-order valence-corrected chi connectivity index (χ1v) is 15.7. The van der Waals surface area contributed by atoms with Crippen LogP contribution in [0.4, 0.5) is 13.6 Å². The summed E-state index contributed by atoms with van der Waals surface area (Å²) in [7, 11) is 0. The smallest absolute Gasteiger partial charge is 0.410 e. The van der Waals surface area contributed by atoms with Gasteiger partial charge in [0.25, 0.3) is 0 Å². The molecule has 42 heavy (non-hydrogen) atoms. The molecule has 230 valence electrons. The van der Waals surface area contributed by atoms with Crippen molar-refractivity contribution in [3.8, 4) is 0 Å². The third kappa shape index (κ3) is 8.47. The van der Waals surface area contributed by atoms with E-state index in [9.17, 15) is 18.4 Å². The van der Waals surface area contributed by atoms with Crippen LogP contribution >= 0.6 is 11.9 Å². The molecule has 2 aromatic carbocycles. The van der Waals surface area contributed by atoms with E-state index in [1.165, 1.54) is 18.2 Å². The lowest BCUT2D eigenvalue weighted by molar-refractivity contribution is -0.139. The van der Waals surface area contributed by atoms with Crippen molar-refractivity contribution < 1.29 is 23.1 Å². The lowest BCUT2D eigenvalue weighted by Gasteiger charge is -2.48. The van der Waals surface area contributed by atoms with Gasteiger partial charge in [0.1, 0.15) is 17.2 Å². The summed E-state index contributed by atoms with van der Waals surface area (Å²) < 4.78 is 36.4. The molecule has 9 heteroatoms. The molecule has 0 aromatic heterocycles. The number of nitrogens with zero attached hydrogens (tertiary/aromatic N) is 3. The standard InChI is InChI=1S/C33H45F2N3O3S/c1-32(2,3)28-22-37(42-30(24-11-13-25(34)14-12-24)26-9-7-8-10-27(26)35)19-20-38(28)29(39)21-23-15-17-36(18-16-23)31(40)41-33(4,5)6/h7-14,23,28,30H,15-22H2,1-6H3/t28-,30?/m1/s1. The van der Waals surface area contributed by atoms with Gasteiger partial charge in [0, 0.05) is 44.7 Å². The number of halogens is 2. The fourth-order valence-corrected chi connectivity index (χ4v) is 6.97. The third-order valence-corrected chi connectivity index (χ3v) is 9.37. The van der Waals surface area contributed by atoms with Crippen molar-refractivity contribution in [3.63, 3.8) is 0 Å². The monoisotopic (exact) mass is 601 g/mol. The van der Waals surface area contributed by atoms with Gasteiger partial charge in [-0.25, -0.2) is 17.9 Å². The fraction of sp³-hybridized carbons (Fsp3) is 0.576. The minimum absolute atomic E-state index is 0.0254. The Balaban J connectivity index is 1.42. The number of piperazine rings is 1. The first-order valence-electron chi connectivity index (χ1n) is 14.9. The van der Waals surface area contributed by atoms with Gasteiger partial charge in [-0.15, -0.1) is 0 Å². The number of likely N-dealkylation sites (tertiary alicyclic amines) is 1. The molecule has 6 nitrogen and oxygen atoms in total. The van der Waals surface area contributed by atoms with Gasteiger partial charge in [-0.2, -0.15) is 0 Å². The van der Waals surface area contributed by atoms with Crippen molar-refractivity contribution in [3.05, 3.63) is 71.3 Å². The predicted molar refractivity (Wildman–Crippen MR) is 164 cm³/mol. The zero-order valence-electron chi connectivity index (χ0n) is 25.7. The number of benzene rings is 2. The van der Waals surface area contributed by atoms with Crippen LogP contribution in [0, 0.1) is 23.0 Å². The number of ether oxygens (including phenoxy) is 1. The molecule has 2 aromatic rings. The van der Waals surface area contributed by atoms with Crippen LogP contribution < -0.4 is 0 Å². The van der Waals surface area contributed by atoms with E-state index < -0.39 is 5.60 Å². The summed E-state index contributed by atoms with van der Waals surface area (Å²) in [4.78, 5) is 29.9. The molecule has 4 rings (SSSR count). The molecule has 2 amide bonds. The highest BCUT2D eigenvalue weighted by molar-refractivity contribution is 7.97. The first kappa shape index (κ1) is 32.3. The van der Waals surface area contributed by atoms with Gasteiger partial charge >= 0.3 is 6.09 Å². The molecule has 0 spiro atoms. The van der Waals surface area contributed by atoms with Crippen LogP contribution in [0.15, 0.2) is 48.5 Å². The molecule has 1 unspecified atom stereocenters. The molecule has 2 atom stereocenters. The Kier molecular flexibility index (Phi) is 10.2. The second-order valence-electron chi connectivity index (χ2n) is 13.5. The van der Waals surface area contributed by atoms with E-state index >= 15 is 0 Å². The highest BCUT2D eigenvalue weighted by Gasteiger charge is 2.40. The summed E-state index contributed by atoms with van der Waals surface area (Å²) >= 11 is 1.55. The zero-order valence-corrected chi connectivity index (χ0v) is 26.6. The zero-order chi connectivity index (χ0) is 30.7. The van der Waals surface area contributed by atoms with E-state index in [0.717, 1.165) is 18.4 Å². The molecule has 0 N–H and O–H groups in total. The summed E-state index contributed by atoms with van der Waals surface area (Å²) in [6.45, 7) is 15.1. The maximum atomic E-state index is 15.0. The van der Waals surface area contributed by atoms with E-state index in [0.29, 0.717) is 44.7 Å². The van der Waals surface area contributed by atoms with E-state index in [1.807, 2.05) is 31.7 Å². The molecule has 0 saturated carbocycles. The molecule has 2 saturated heterocycles. The van der Waals surface area contributed by atoms with E-state index in [1.54, 1.807) is 41.1 Å². The average Bonchev–Trinajstić information content (AvgIpc) is 2.91. The largest absolute Gasteiger partial charge is 0.444 e. The predicted octanol–water partition coefficient (Wildman–Crippen LogP) is 7.30.